The molecule has 1 aliphatic rings. The van der Waals surface area contributed by atoms with Crippen molar-refractivity contribution >= 4 is 5.91 Å². The summed E-state index contributed by atoms with van der Waals surface area (Å²) in [4.78, 5) is 15.0. The molecule has 1 rings (SSSR count). The molecule has 1 amide bonds. The lowest BCUT2D eigenvalue weighted by Gasteiger charge is -2.34. The molecule has 1 fully saturated rings. The van der Waals surface area contributed by atoms with Gasteiger partial charge in [-0.05, 0) is 66.2 Å². The molecule has 0 saturated carbocycles. The molecule has 33 heavy (non-hydrogen) atoms. The van der Waals surface area contributed by atoms with Crippen molar-refractivity contribution in [3.05, 3.63) is 25.3 Å². The SMILES string of the molecule is C=CCCCCCCCCCOC1N(C(=O)CCCCCCCCC=C)C(C)(C)OC1(C)C. The fourth-order valence-corrected chi connectivity index (χ4v) is 4.90. The van der Waals surface area contributed by atoms with Gasteiger partial charge in [-0.25, -0.2) is 0 Å². The van der Waals surface area contributed by atoms with Crippen LogP contribution in [-0.2, 0) is 14.3 Å². The first-order valence-electron chi connectivity index (χ1n) is 13.6. The monoisotopic (exact) mass is 463 g/mol. The van der Waals surface area contributed by atoms with E-state index in [1.54, 1.807) is 0 Å². The maximum absolute atomic E-state index is 13.2. The van der Waals surface area contributed by atoms with Gasteiger partial charge in [0.1, 0.15) is 11.3 Å². The summed E-state index contributed by atoms with van der Waals surface area (Å²) in [6.07, 6.45) is 22.1. The number of hydrogen-bond donors (Lipinski definition) is 0. The summed E-state index contributed by atoms with van der Waals surface area (Å²) in [5.41, 5.74) is -1.14. The summed E-state index contributed by atoms with van der Waals surface area (Å²) >= 11 is 0. The predicted molar refractivity (Wildman–Crippen MR) is 140 cm³/mol. The van der Waals surface area contributed by atoms with E-state index in [2.05, 4.69) is 13.2 Å². The van der Waals surface area contributed by atoms with Gasteiger partial charge in [-0.1, -0.05) is 69.9 Å². The van der Waals surface area contributed by atoms with Gasteiger partial charge in [-0.15, -0.1) is 13.2 Å². The van der Waals surface area contributed by atoms with Crippen LogP contribution in [0.1, 0.15) is 130 Å². The fourth-order valence-electron chi connectivity index (χ4n) is 4.90. The zero-order valence-corrected chi connectivity index (χ0v) is 22.3. The van der Waals surface area contributed by atoms with E-state index >= 15 is 0 Å². The normalized spacial score (nSPS) is 19.0. The van der Waals surface area contributed by atoms with Crippen LogP contribution in [-0.4, -0.2) is 35.0 Å². The van der Waals surface area contributed by atoms with E-state index in [4.69, 9.17) is 9.47 Å². The van der Waals surface area contributed by atoms with E-state index in [1.807, 2.05) is 44.7 Å². The van der Waals surface area contributed by atoms with E-state index in [1.165, 1.54) is 64.2 Å². The standard InChI is InChI=1S/C29H53NO3/c1-7-9-11-13-15-17-19-21-23-25-32-27-28(3,4)33-29(5,6)30(27)26(31)24-22-20-18-16-14-12-10-8-2/h7-8,27H,1-2,9-25H2,3-6H3. The quantitative estimate of drug-likeness (QED) is 0.135. The Hall–Kier alpha value is -1.13. The molecule has 192 valence electrons. The smallest absolute Gasteiger partial charge is 0.226 e. The van der Waals surface area contributed by atoms with Crippen LogP contribution in [0.5, 0.6) is 0 Å². The molecule has 0 radical (unpaired) electrons. The predicted octanol–water partition coefficient (Wildman–Crippen LogP) is 8.32. The van der Waals surface area contributed by atoms with Crippen LogP contribution in [0.3, 0.4) is 0 Å². The number of ether oxygens (including phenoxy) is 2. The van der Waals surface area contributed by atoms with Crippen molar-refractivity contribution < 1.29 is 14.3 Å². The van der Waals surface area contributed by atoms with Crippen LogP contribution in [0.2, 0.25) is 0 Å². The van der Waals surface area contributed by atoms with Crippen molar-refractivity contribution in [2.45, 2.75) is 148 Å². The van der Waals surface area contributed by atoms with Crippen molar-refractivity contribution in [1.82, 2.24) is 4.90 Å². The minimum Gasteiger partial charge on any atom is -0.355 e. The molecule has 0 aromatic heterocycles. The Morgan fingerprint density at radius 3 is 1.76 bits per heavy atom. The number of carbonyl (C=O) groups excluding carboxylic acids is 1. The van der Waals surface area contributed by atoms with Gasteiger partial charge in [0.15, 0.2) is 6.23 Å². The second-order valence-electron chi connectivity index (χ2n) is 10.6. The van der Waals surface area contributed by atoms with Crippen LogP contribution in [0.15, 0.2) is 25.3 Å². The number of hydrogen-bond acceptors (Lipinski definition) is 3. The molecule has 0 aromatic rings. The number of rotatable bonds is 20. The first-order chi connectivity index (χ1) is 15.8. The first kappa shape index (κ1) is 29.9. The Kier molecular flexibility index (Phi) is 14.9. The Bertz CT molecular complexity index is 555. The van der Waals surface area contributed by atoms with Crippen LogP contribution >= 0.6 is 0 Å². The van der Waals surface area contributed by atoms with Crippen molar-refractivity contribution in [3.63, 3.8) is 0 Å². The third-order valence-corrected chi connectivity index (χ3v) is 6.57. The molecule has 1 aliphatic heterocycles. The highest BCUT2D eigenvalue weighted by molar-refractivity contribution is 5.77. The lowest BCUT2D eigenvalue weighted by Crippen LogP contribution is -2.50. The van der Waals surface area contributed by atoms with E-state index in [9.17, 15) is 4.79 Å². The lowest BCUT2D eigenvalue weighted by atomic mass is 10.1. The maximum Gasteiger partial charge on any atom is 0.226 e. The van der Waals surface area contributed by atoms with Gasteiger partial charge in [-0.3, -0.25) is 9.69 Å². The topological polar surface area (TPSA) is 38.8 Å². The molecule has 1 saturated heterocycles. The van der Waals surface area contributed by atoms with Gasteiger partial charge < -0.3 is 9.47 Å². The third-order valence-electron chi connectivity index (χ3n) is 6.57. The van der Waals surface area contributed by atoms with Gasteiger partial charge in [-0.2, -0.15) is 0 Å². The van der Waals surface area contributed by atoms with Gasteiger partial charge in [0.2, 0.25) is 5.91 Å². The van der Waals surface area contributed by atoms with Crippen LogP contribution in [0.25, 0.3) is 0 Å². The van der Waals surface area contributed by atoms with Gasteiger partial charge in [0.25, 0.3) is 0 Å². The summed E-state index contributed by atoms with van der Waals surface area (Å²) in [6.45, 7) is 16.3. The first-order valence-corrected chi connectivity index (χ1v) is 13.6. The maximum atomic E-state index is 13.2. The van der Waals surface area contributed by atoms with E-state index in [-0.39, 0.29) is 12.1 Å². The average molecular weight is 464 g/mol. The zero-order chi connectivity index (χ0) is 24.6. The largest absolute Gasteiger partial charge is 0.355 e. The van der Waals surface area contributed by atoms with Crippen LogP contribution in [0.4, 0.5) is 0 Å². The van der Waals surface area contributed by atoms with Gasteiger partial charge in [0, 0.05) is 13.0 Å². The molecule has 1 atom stereocenters. The minimum atomic E-state index is -0.638. The van der Waals surface area contributed by atoms with Crippen molar-refractivity contribution in [1.29, 1.82) is 0 Å². The molecular formula is C29H53NO3. The third kappa shape index (κ3) is 11.7. The van der Waals surface area contributed by atoms with Gasteiger partial charge >= 0.3 is 0 Å². The number of amides is 1. The summed E-state index contributed by atoms with van der Waals surface area (Å²) < 4.78 is 12.6. The zero-order valence-electron chi connectivity index (χ0n) is 22.3. The molecule has 0 aromatic carbocycles. The minimum absolute atomic E-state index is 0.154. The molecule has 4 heteroatoms. The Morgan fingerprint density at radius 2 is 1.24 bits per heavy atom. The highest BCUT2D eigenvalue weighted by atomic mass is 16.6. The number of unbranched alkanes of at least 4 members (excludes halogenated alkanes) is 13. The summed E-state index contributed by atoms with van der Waals surface area (Å²) in [5.74, 6) is 0.154. The molecule has 4 nitrogen and oxygen atoms in total. The van der Waals surface area contributed by atoms with Crippen molar-refractivity contribution in [2.75, 3.05) is 6.61 Å². The Labute approximate surface area is 205 Å². The highest BCUT2D eigenvalue weighted by Crippen LogP contribution is 2.40. The molecule has 0 bridgehead atoms. The molecule has 1 unspecified atom stereocenters. The highest BCUT2D eigenvalue weighted by Gasteiger charge is 2.54. The van der Waals surface area contributed by atoms with Gasteiger partial charge in [0.05, 0.1) is 0 Å². The second kappa shape index (κ2) is 16.5. The molecular weight excluding hydrogens is 410 g/mol. The van der Waals surface area contributed by atoms with Crippen molar-refractivity contribution in [2.24, 2.45) is 0 Å². The Balaban J connectivity index is 2.36. The Morgan fingerprint density at radius 1 is 0.788 bits per heavy atom. The number of carbonyl (C=O) groups is 1. The molecule has 0 spiro atoms. The average Bonchev–Trinajstić information content (AvgIpc) is 2.94. The molecule has 0 N–H and O–H groups in total. The van der Waals surface area contributed by atoms with E-state index < -0.39 is 11.3 Å². The van der Waals surface area contributed by atoms with Crippen LogP contribution in [0, 0.1) is 0 Å². The lowest BCUT2D eigenvalue weighted by molar-refractivity contribution is -0.156. The molecule has 0 aliphatic carbocycles. The summed E-state index contributed by atoms with van der Waals surface area (Å²) in [6, 6.07) is 0. The van der Waals surface area contributed by atoms with Crippen LogP contribution < -0.4 is 0 Å². The van der Waals surface area contributed by atoms with E-state index in [0.717, 1.165) is 32.1 Å². The molecule has 1 heterocycles. The second-order valence-corrected chi connectivity index (χ2v) is 10.6. The number of allylic oxidation sites excluding steroid dienone is 2. The fraction of sp³-hybridized carbons (Fsp3) is 0.828. The number of nitrogens with zero attached hydrogens (tertiary/aromatic N) is 1. The summed E-state index contributed by atoms with van der Waals surface area (Å²) in [7, 11) is 0. The van der Waals surface area contributed by atoms with E-state index in [0.29, 0.717) is 13.0 Å². The summed E-state index contributed by atoms with van der Waals surface area (Å²) in [5, 5.41) is 0. The van der Waals surface area contributed by atoms with Crippen molar-refractivity contribution in [3.8, 4) is 0 Å².